The molecule has 1 aliphatic rings. The largest absolute Gasteiger partial charge is 0.409 e. The highest BCUT2D eigenvalue weighted by Gasteiger charge is 2.46. The monoisotopic (exact) mass is 341 g/mol. The van der Waals surface area contributed by atoms with E-state index in [9.17, 15) is 14.7 Å². The molecule has 0 bridgehead atoms. The van der Waals surface area contributed by atoms with Gasteiger partial charge < -0.3 is 19.3 Å². The number of nitrogens with one attached hydrogen (secondary N) is 1. The van der Waals surface area contributed by atoms with E-state index in [1.807, 2.05) is 0 Å². The van der Waals surface area contributed by atoms with Gasteiger partial charge in [0, 0.05) is 18.7 Å². The number of rotatable bonds is 4. The predicted molar refractivity (Wildman–Crippen MR) is 88.7 cm³/mol. The number of aliphatic hydroxyl groups excluding tert-OH is 1. The predicted octanol–water partition coefficient (Wildman–Crippen LogP) is 1.02. The van der Waals surface area contributed by atoms with Crippen molar-refractivity contribution < 1.29 is 14.3 Å². The first kappa shape index (κ1) is 18.1. The molecular formula is C15H25N2O5Si. The number of H-pyrrole nitrogens is 1. The summed E-state index contributed by atoms with van der Waals surface area (Å²) in [6.07, 6.45) is 1.02. The molecule has 1 radical (unpaired) electrons. The van der Waals surface area contributed by atoms with Gasteiger partial charge in [-0.3, -0.25) is 4.79 Å². The summed E-state index contributed by atoms with van der Waals surface area (Å²) >= 11 is 0. The van der Waals surface area contributed by atoms with E-state index in [-0.39, 0.29) is 11.6 Å². The maximum atomic E-state index is 12.1. The molecule has 7 nitrogen and oxygen atoms in total. The molecule has 1 fully saturated rings. The first-order valence-electron chi connectivity index (χ1n) is 7.66. The molecule has 2 heterocycles. The number of aromatic amines is 1. The zero-order chi connectivity index (χ0) is 17.4. The van der Waals surface area contributed by atoms with Gasteiger partial charge in [0.05, 0.1) is 18.8 Å². The highest BCUT2D eigenvalue weighted by atomic mass is 28.4. The molecule has 0 unspecified atom stereocenters. The number of aromatic nitrogens is 2. The van der Waals surface area contributed by atoms with Crippen LogP contribution < -0.4 is 11.2 Å². The van der Waals surface area contributed by atoms with Crippen molar-refractivity contribution >= 4 is 8.32 Å². The molecule has 8 heteroatoms. The van der Waals surface area contributed by atoms with Gasteiger partial charge >= 0.3 is 5.69 Å². The summed E-state index contributed by atoms with van der Waals surface area (Å²) in [7, 11) is -2.14. The van der Waals surface area contributed by atoms with Crippen LogP contribution in [0.2, 0.25) is 18.1 Å². The Labute approximate surface area is 136 Å². The molecule has 23 heavy (non-hydrogen) atoms. The van der Waals surface area contributed by atoms with Gasteiger partial charge in [-0.25, -0.2) is 9.36 Å². The minimum atomic E-state index is -2.14. The second kappa shape index (κ2) is 6.35. The number of ether oxygens (including phenoxy) is 1. The van der Waals surface area contributed by atoms with Gasteiger partial charge in [0.25, 0.3) is 5.56 Å². The highest BCUT2D eigenvalue weighted by molar-refractivity contribution is 6.74. The maximum absolute atomic E-state index is 12.1. The Hall–Kier alpha value is -1.22. The van der Waals surface area contributed by atoms with E-state index in [4.69, 9.17) is 9.16 Å². The van der Waals surface area contributed by atoms with Gasteiger partial charge in [-0.15, -0.1) is 0 Å². The molecule has 3 atom stereocenters. The van der Waals surface area contributed by atoms with E-state index >= 15 is 0 Å². The third-order valence-corrected chi connectivity index (χ3v) is 9.03. The normalized spacial score (nSPS) is 25.7. The highest BCUT2D eigenvalue weighted by Crippen LogP contribution is 2.40. The van der Waals surface area contributed by atoms with Crippen LogP contribution in [0.15, 0.2) is 21.9 Å². The van der Waals surface area contributed by atoms with Crippen LogP contribution in [0.25, 0.3) is 0 Å². The lowest BCUT2D eigenvalue weighted by Crippen LogP contribution is -2.48. The Bertz CT molecular complexity index is 633. The lowest BCUT2D eigenvalue weighted by molar-refractivity contribution is -0.0515. The molecule has 0 saturated carbocycles. The van der Waals surface area contributed by atoms with Crippen molar-refractivity contribution in [3.63, 3.8) is 0 Å². The van der Waals surface area contributed by atoms with Crippen LogP contribution >= 0.6 is 0 Å². The fraction of sp³-hybridized carbons (Fsp3) is 0.667. The van der Waals surface area contributed by atoms with Gasteiger partial charge in [0.1, 0.15) is 0 Å². The van der Waals surface area contributed by atoms with E-state index in [0.717, 1.165) is 4.57 Å². The molecule has 129 valence electrons. The lowest BCUT2D eigenvalue weighted by Gasteiger charge is -2.39. The first-order chi connectivity index (χ1) is 10.6. The summed E-state index contributed by atoms with van der Waals surface area (Å²) in [5.74, 6) is 0. The van der Waals surface area contributed by atoms with Crippen LogP contribution in [0.3, 0.4) is 0 Å². The molecule has 0 aliphatic carbocycles. The summed E-state index contributed by atoms with van der Waals surface area (Å²) in [5.41, 5.74) is -1.02. The summed E-state index contributed by atoms with van der Waals surface area (Å²) in [4.78, 5) is 26.6. The summed E-state index contributed by atoms with van der Waals surface area (Å²) < 4.78 is 13.0. The van der Waals surface area contributed by atoms with Crippen molar-refractivity contribution in [3.05, 3.63) is 39.5 Å². The Balaban J connectivity index is 2.37. The summed E-state index contributed by atoms with van der Waals surface area (Å²) in [5, 5.41) is 9.34. The van der Waals surface area contributed by atoms with Crippen molar-refractivity contribution in [1.82, 2.24) is 9.55 Å². The lowest BCUT2D eigenvalue weighted by atomic mass is 10.2. The average Bonchev–Trinajstić information content (AvgIpc) is 2.79. The molecule has 1 saturated heterocycles. The molecular weight excluding hydrogens is 316 g/mol. The third kappa shape index (κ3) is 3.65. The first-order valence-corrected chi connectivity index (χ1v) is 10.6. The van der Waals surface area contributed by atoms with Crippen LogP contribution in [-0.4, -0.2) is 41.8 Å². The van der Waals surface area contributed by atoms with Crippen molar-refractivity contribution in [1.29, 1.82) is 0 Å². The third-order valence-electron chi connectivity index (χ3n) is 4.56. The molecule has 1 aromatic heterocycles. The molecule has 2 N–H and O–H groups in total. The van der Waals surface area contributed by atoms with E-state index in [1.54, 1.807) is 6.42 Å². The van der Waals surface area contributed by atoms with Crippen LogP contribution in [0.4, 0.5) is 0 Å². The molecule has 2 rings (SSSR count). The van der Waals surface area contributed by atoms with Crippen LogP contribution in [0, 0.1) is 6.42 Å². The SMILES string of the molecule is CC(C)(C)[Si](C)(C)O[C@@H]1[CH][C@H](CO)O[C@H]1n1c(=O)cc[nH]c1=O. The van der Waals surface area contributed by atoms with Gasteiger partial charge in [-0.1, -0.05) is 20.8 Å². The number of hydrogen-bond donors (Lipinski definition) is 2. The standard InChI is InChI=1S/C15H25N2O5Si/c1-15(2,3)23(4,5)22-11-8-10(9-18)21-13(11)17-12(19)6-7-16-14(17)20/h6-8,10-11,13,18H,9H2,1-5H3,(H,16,20)/t10-,11-,13-/m1/s1. The zero-order valence-corrected chi connectivity index (χ0v) is 15.2. The molecule has 0 amide bonds. The molecule has 0 aromatic carbocycles. The van der Waals surface area contributed by atoms with Crippen LogP contribution in [0.5, 0.6) is 0 Å². The van der Waals surface area contributed by atoms with E-state index < -0.39 is 38.0 Å². The number of aliphatic hydroxyl groups is 1. The van der Waals surface area contributed by atoms with Crippen molar-refractivity contribution in [3.8, 4) is 0 Å². The van der Waals surface area contributed by atoms with E-state index in [1.165, 1.54) is 12.3 Å². The van der Waals surface area contributed by atoms with Crippen LogP contribution in [0.1, 0.15) is 27.0 Å². The fourth-order valence-corrected chi connectivity index (χ4v) is 3.44. The minimum absolute atomic E-state index is 0.0310. The molecule has 1 aromatic rings. The Kier molecular flexibility index (Phi) is 5.00. The second-order valence-electron chi connectivity index (χ2n) is 7.27. The molecule has 1 aliphatic heterocycles. The average molecular weight is 341 g/mol. The van der Waals surface area contributed by atoms with E-state index in [0.29, 0.717) is 0 Å². The fourth-order valence-electron chi connectivity index (χ4n) is 2.21. The van der Waals surface area contributed by atoms with Gasteiger partial charge in [0.2, 0.25) is 0 Å². The smallest absolute Gasteiger partial charge is 0.330 e. The quantitative estimate of drug-likeness (QED) is 0.798. The van der Waals surface area contributed by atoms with Gasteiger partial charge in [0.15, 0.2) is 14.5 Å². The van der Waals surface area contributed by atoms with E-state index in [2.05, 4.69) is 38.8 Å². The summed E-state index contributed by atoms with van der Waals surface area (Å²) in [6.45, 7) is 10.3. The van der Waals surface area contributed by atoms with Gasteiger partial charge in [-0.05, 0) is 18.1 Å². The van der Waals surface area contributed by atoms with Gasteiger partial charge in [-0.2, -0.15) is 0 Å². The van der Waals surface area contributed by atoms with Crippen molar-refractivity contribution in [2.75, 3.05) is 6.61 Å². The van der Waals surface area contributed by atoms with Crippen LogP contribution in [-0.2, 0) is 9.16 Å². The van der Waals surface area contributed by atoms with Crippen molar-refractivity contribution in [2.24, 2.45) is 0 Å². The summed E-state index contributed by atoms with van der Waals surface area (Å²) in [6, 6.07) is 1.26. The Morgan fingerprint density at radius 1 is 1.39 bits per heavy atom. The second-order valence-corrected chi connectivity index (χ2v) is 12.0. The number of hydrogen-bond acceptors (Lipinski definition) is 5. The Morgan fingerprint density at radius 3 is 2.57 bits per heavy atom. The maximum Gasteiger partial charge on any atom is 0.330 e. The minimum Gasteiger partial charge on any atom is -0.409 e. The van der Waals surface area contributed by atoms with Crippen molar-refractivity contribution in [2.45, 2.75) is 57.3 Å². The molecule has 0 spiro atoms. The topological polar surface area (TPSA) is 93.5 Å². The Morgan fingerprint density at radius 2 is 2.04 bits per heavy atom. The number of nitrogens with zero attached hydrogens (tertiary/aromatic N) is 1. The zero-order valence-electron chi connectivity index (χ0n) is 14.2.